The van der Waals surface area contributed by atoms with Gasteiger partial charge in [-0.3, -0.25) is 0 Å². The summed E-state index contributed by atoms with van der Waals surface area (Å²) in [5.41, 5.74) is -0.497. The van der Waals surface area contributed by atoms with E-state index in [1.54, 1.807) is 0 Å². The van der Waals surface area contributed by atoms with Crippen LogP contribution in [-0.2, 0) is 33.2 Å². The Hall–Kier alpha value is -0.970. The first-order chi connectivity index (χ1) is 17.5. The Bertz CT molecular complexity index is 460. The highest BCUT2D eigenvalue weighted by molar-refractivity contribution is 5.67. The van der Waals surface area contributed by atoms with Crippen LogP contribution >= 0.6 is 0 Å². The predicted octanol–water partition coefficient (Wildman–Crippen LogP) is 4.75. The molecule has 1 N–H and O–H groups in total. The average Bonchev–Trinajstić information content (AvgIpc) is 2.82. The van der Waals surface area contributed by atoms with Gasteiger partial charge < -0.3 is 38.5 Å². The molecule has 1 amide bonds. The van der Waals surface area contributed by atoms with Crippen LogP contribution in [0, 0.1) is 0 Å². The van der Waals surface area contributed by atoms with E-state index in [0.29, 0.717) is 79.2 Å². The van der Waals surface area contributed by atoms with Crippen LogP contribution in [0.15, 0.2) is 0 Å². The van der Waals surface area contributed by atoms with Crippen LogP contribution in [0.2, 0.25) is 0 Å². The summed E-state index contributed by atoms with van der Waals surface area (Å²) in [4.78, 5) is 11.5. The number of carbonyl (C=O) groups excluding carboxylic acids is 1. The standard InChI is InChI=1S/C27H55NO8/c1-5-6-7-8-9-10-11-12-14-30-16-18-32-20-22-34-24-25-35-23-21-33-19-17-31-15-13-28-26(29)36-27(2,3)4/h5-25H2,1-4H3,(H,28,29). The summed E-state index contributed by atoms with van der Waals surface area (Å²) in [6.45, 7) is 14.7. The molecule has 0 aromatic carbocycles. The topological polar surface area (TPSA) is 93.7 Å². The molecule has 0 aromatic rings. The lowest BCUT2D eigenvalue weighted by Crippen LogP contribution is -2.34. The van der Waals surface area contributed by atoms with E-state index >= 15 is 0 Å². The molecule has 0 bridgehead atoms. The smallest absolute Gasteiger partial charge is 0.407 e. The first-order valence-electron chi connectivity index (χ1n) is 13.9. The van der Waals surface area contributed by atoms with E-state index in [1.165, 1.54) is 44.9 Å². The Labute approximate surface area is 220 Å². The molecule has 9 heteroatoms. The summed E-state index contributed by atoms with van der Waals surface area (Å²) in [6, 6.07) is 0. The van der Waals surface area contributed by atoms with Gasteiger partial charge in [-0.15, -0.1) is 0 Å². The lowest BCUT2D eigenvalue weighted by molar-refractivity contribution is -0.0167. The predicted molar refractivity (Wildman–Crippen MR) is 142 cm³/mol. The van der Waals surface area contributed by atoms with Crippen LogP contribution in [-0.4, -0.2) is 97.5 Å². The van der Waals surface area contributed by atoms with Gasteiger partial charge >= 0.3 is 6.09 Å². The summed E-state index contributed by atoms with van der Waals surface area (Å²) < 4.78 is 38.0. The number of ether oxygens (including phenoxy) is 7. The summed E-state index contributed by atoms with van der Waals surface area (Å²) in [5, 5.41) is 2.63. The van der Waals surface area contributed by atoms with E-state index in [2.05, 4.69) is 12.2 Å². The number of hydrogen-bond acceptors (Lipinski definition) is 8. The van der Waals surface area contributed by atoms with Crippen molar-refractivity contribution in [3.63, 3.8) is 0 Å². The van der Waals surface area contributed by atoms with Crippen LogP contribution in [0.25, 0.3) is 0 Å². The highest BCUT2D eigenvalue weighted by Gasteiger charge is 2.15. The van der Waals surface area contributed by atoms with Crippen molar-refractivity contribution >= 4 is 6.09 Å². The minimum Gasteiger partial charge on any atom is -0.444 e. The van der Waals surface area contributed by atoms with Crippen LogP contribution in [0.1, 0.15) is 79.1 Å². The van der Waals surface area contributed by atoms with Crippen molar-refractivity contribution in [2.75, 3.05) is 85.8 Å². The number of rotatable bonds is 27. The van der Waals surface area contributed by atoms with E-state index in [-0.39, 0.29) is 0 Å². The summed E-state index contributed by atoms with van der Waals surface area (Å²) in [7, 11) is 0. The number of nitrogens with one attached hydrogen (secondary N) is 1. The van der Waals surface area contributed by atoms with Gasteiger partial charge in [0.25, 0.3) is 0 Å². The van der Waals surface area contributed by atoms with Gasteiger partial charge in [-0.05, 0) is 27.2 Å². The van der Waals surface area contributed by atoms with Crippen molar-refractivity contribution in [2.45, 2.75) is 84.7 Å². The number of hydrogen-bond donors (Lipinski definition) is 1. The number of unbranched alkanes of at least 4 members (excludes halogenated alkanes) is 7. The minimum absolute atomic E-state index is 0.399. The first-order valence-corrected chi connectivity index (χ1v) is 13.9. The second kappa shape index (κ2) is 27.1. The van der Waals surface area contributed by atoms with Gasteiger partial charge in [0.05, 0.1) is 72.7 Å². The Kier molecular flexibility index (Phi) is 26.3. The van der Waals surface area contributed by atoms with Crippen LogP contribution in [0.3, 0.4) is 0 Å². The Balaban J connectivity index is 3.09. The lowest BCUT2D eigenvalue weighted by atomic mass is 10.1. The van der Waals surface area contributed by atoms with Crippen molar-refractivity contribution in [1.29, 1.82) is 0 Å². The molecule has 36 heavy (non-hydrogen) atoms. The molecule has 0 fully saturated rings. The van der Waals surface area contributed by atoms with E-state index in [9.17, 15) is 4.79 Å². The summed E-state index contributed by atoms with van der Waals surface area (Å²) in [6.07, 6.45) is 10.1. The van der Waals surface area contributed by atoms with Crippen molar-refractivity contribution in [1.82, 2.24) is 5.32 Å². The Morgan fingerprint density at radius 1 is 0.528 bits per heavy atom. The van der Waals surface area contributed by atoms with Gasteiger partial charge in [0.15, 0.2) is 0 Å². The molecule has 9 nitrogen and oxygen atoms in total. The monoisotopic (exact) mass is 521 g/mol. The van der Waals surface area contributed by atoms with E-state index < -0.39 is 11.7 Å². The fourth-order valence-electron chi connectivity index (χ4n) is 3.08. The molecule has 0 saturated carbocycles. The lowest BCUT2D eigenvalue weighted by Gasteiger charge is -2.19. The SMILES string of the molecule is CCCCCCCCCCOCCOCCOCCOCCOCCOCCNC(=O)OC(C)(C)C. The zero-order valence-electron chi connectivity index (χ0n) is 23.6. The number of alkyl carbamates (subject to hydrolysis) is 1. The van der Waals surface area contributed by atoms with Crippen LogP contribution < -0.4 is 5.32 Å². The molecule has 0 unspecified atom stereocenters. The molecule has 0 spiro atoms. The second-order valence-corrected chi connectivity index (χ2v) is 9.58. The first kappa shape index (κ1) is 35.0. The van der Waals surface area contributed by atoms with Crippen molar-refractivity contribution < 1.29 is 38.0 Å². The molecule has 0 atom stereocenters. The minimum atomic E-state index is -0.497. The normalized spacial score (nSPS) is 11.7. The second-order valence-electron chi connectivity index (χ2n) is 9.58. The number of carbonyl (C=O) groups is 1. The Morgan fingerprint density at radius 3 is 1.31 bits per heavy atom. The molecule has 0 heterocycles. The molecular formula is C27H55NO8. The average molecular weight is 522 g/mol. The molecular weight excluding hydrogens is 466 g/mol. The van der Waals surface area contributed by atoms with Crippen molar-refractivity contribution in [3.8, 4) is 0 Å². The molecule has 0 saturated heterocycles. The molecule has 0 rings (SSSR count). The molecule has 0 aliphatic rings. The maximum Gasteiger partial charge on any atom is 0.407 e. The molecule has 0 aromatic heterocycles. The zero-order valence-corrected chi connectivity index (χ0v) is 23.6. The van der Waals surface area contributed by atoms with Gasteiger partial charge in [0.1, 0.15) is 5.60 Å². The maximum atomic E-state index is 11.5. The molecule has 216 valence electrons. The number of amides is 1. The van der Waals surface area contributed by atoms with Gasteiger partial charge in [0.2, 0.25) is 0 Å². The molecule has 0 aliphatic heterocycles. The van der Waals surface area contributed by atoms with Crippen LogP contribution in [0.5, 0.6) is 0 Å². The van der Waals surface area contributed by atoms with Crippen molar-refractivity contribution in [3.05, 3.63) is 0 Å². The van der Waals surface area contributed by atoms with E-state index in [1.807, 2.05) is 20.8 Å². The van der Waals surface area contributed by atoms with Gasteiger partial charge in [0, 0.05) is 13.2 Å². The van der Waals surface area contributed by atoms with E-state index in [4.69, 9.17) is 33.2 Å². The third-order valence-electron chi connectivity index (χ3n) is 4.92. The summed E-state index contributed by atoms with van der Waals surface area (Å²) in [5.74, 6) is 0. The molecule has 0 aliphatic carbocycles. The quantitative estimate of drug-likeness (QED) is 0.155. The zero-order chi connectivity index (χ0) is 26.6. The van der Waals surface area contributed by atoms with E-state index in [0.717, 1.165) is 13.0 Å². The van der Waals surface area contributed by atoms with Crippen LogP contribution in [0.4, 0.5) is 4.79 Å². The Morgan fingerprint density at radius 2 is 0.889 bits per heavy atom. The maximum absolute atomic E-state index is 11.5. The van der Waals surface area contributed by atoms with Crippen molar-refractivity contribution in [2.24, 2.45) is 0 Å². The van der Waals surface area contributed by atoms with Gasteiger partial charge in [-0.25, -0.2) is 4.79 Å². The highest BCUT2D eigenvalue weighted by atomic mass is 16.6. The third-order valence-corrected chi connectivity index (χ3v) is 4.92. The summed E-state index contributed by atoms with van der Waals surface area (Å²) >= 11 is 0. The van der Waals surface area contributed by atoms with Gasteiger partial charge in [-0.1, -0.05) is 51.9 Å². The fraction of sp³-hybridized carbons (Fsp3) is 0.963. The molecule has 0 radical (unpaired) electrons. The third kappa shape index (κ3) is 31.1. The van der Waals surface area contributed by atoms with Gasteiger partial charge in [-0.2, -0.15) is 0 Å². The fourth-order valence-corrected chi connectivity index (χ4v) is 3.08. The highest BCUT2D eigenvalue weighted by Crippen LogP contribution is 2.08. The largest absolute Gasteiger partial charge is 0.444 e.